The van der Waals surface area contributed by atoms with Gasteiger partial charge < -0.3 is 21.3 Å². The van der Waals surface area contributed by atoms with Gasteiger partial charge in [0, 0.05) is 0 Å². The minimum Gasteiger partial charge on any atom is -0.450 e. The van der Waals surface area contributed by atoms with Crippen LogP contribution in [-0.2, 0) is 4.74 Å². The van der Waals surface area contributed by atoms with Gasteiger partial charge in [0.05, 0.1) is 6.61 Å². The summed E-state index contributed by atoms with van der Waals surface area (Å²) in [7, 11) is 0. The zero-order valence-electron chi connectivity index (χ0n) is 7.66. The maximum Gasteiger partial charge on any atom is 0.505 e. The van der Waals surface area contributed by atoms with Crippen molar-refractivity contribution < 1.29 is 19.4 Å². The van der Waals surface area contributed by atoms with Gasteiger partial charge in [0.25, 0.3) is 0 Å². The Morgan fingerprint density at radius 2 is 1.77 bits per heavy atom. The van der Waals surface area contributed by atoms with Crippen LogP contribution in [0.4, 0.5) is 9.59 Å². The van der Waals surface area contributed by atoms with Crippen molar-refractivity contribution in [1.29, 1.82) is 0 Å². The van der Waals surface area contributed by atoms with Gasteiger partial charge in [0.1, 0.15) is 0 Å². The fraction of sp³-hybridized carbons (Fsp3) is 0.714. The van der Waals surface area contributed by atoms with E-state index in [-0.39, 0.29) is 0 Å². The van der Waals surface area contributed by atoms with Gasteiger partial charge in [-0.2, -0.15) is 0 Å². The molecule has 0 atom stereocenters. The lowest BCUT2D eigenvalue weighted by molar-refractivity contribution is 0.0901. The molecule has 0 aliphatic carbocycles. The molecule has 0 aromatic rings. The second-order valence-corrected chi connectivity index (χ2v) is 2.22. The fourth-order valence-electron chi connectivity index (χ4n) is 0.512. The highest BCUT2D eigenvalue weighted by molar-refractivity contribution is 5.69. The van der Waals surface area contributed by atoms with Gasteiger partial charge in [-0.1, -0.05) is 19.8 Å². The van der Waals surface area contributed by atoms with Crippen LogP contribution >= 0.6 is 0 Å². The average molecular weight is 192 g/mol. The van der Waals surface area contributed by atoms with Gasteiger partial charge in [-0.15, -0.1) is 0 Å². The lowest BCUT2D eigenvalue weighted by Gasteiger charge is -1.96. The Labute approximate surface area is 76.8 Å². The molecule has 78 valence electrons. The number of carboxylic acid groups (broad SMARTS) is 1. The molecule has 0 aromatic carbocycles. The number of primary amides is 2. The Bertz CT molecular complexity index is 145. The summed E-state index contributed by atoms with van der Waals surface area (Å²) in [4.78, 5) is 18.7. The van der Waals surface area contributed by atoms with Gasteiger partial charge in [0.15, 0.2) is 0 Å². The first-order valence-electron chi connectivity index (χ1n) is 3.91. The zero-order chi connectivity index (χ0) is 10.7. The third kappa shape index (κ3) is 37.3. The first kappa shape index (κ1) is 14.1. The SMILES string of the molecule is CCCCCOC(=O)O.NC(N)=O. The van der Waals surface area contributed by atoms with E-state index in [0.29, 0.717) is 6.61 Å². The predicted octanol–water partition coefficient (Wildman–Crippen LogP) is 0.895. The van der Waals surface area contributed by atoms with Crippen LogP contribution in [0.5, 0.6) is 0 Å². The molecule has 0 saturated heterocycles. The van der Waals surface area contributed by atoms with Gasteiger partial charge in [-0.05, 0) is 6.42 Å². The van der Waals surface area contributed by atoms with Gasteiger partial charge in [-0.3, -0.25) is 0 Å². The normalized spacial score (nSPS) is 8.08. The van der Waals surface area contributed by atoms with Gasteiger partial charge >= 0.3 is 12.2 Å². The summed E-state index contributed by atoms with van der Waals surface area (Å²) in [5.41, 5.74) is 8.50. The molecule has 13 heavy (non-hydrogen) atoms. The van der Waals surface area contributed by atoms with Crippen molar-refractivity contribution >= 4 is 12.2 Å². The van der Waals surface area contributed by atoms with Crippen LogP contribution in [0.2, 0.25) is 0 Å². The number of hydrogen-bond donors (Lipinski definition) is 3. The van der Waals surface area contributed by atoms with E-state index < -0.39 is 12.2 Å². The zero-order valence-corrected chi connectivity index (χ0v) is 7.66. The molecule has 2 amide bonds. The van der Waals surface area contributed by atoms with Gasteiger partial charge in [-0.25, -0.2) is 9.59 Å². The third-order valence-corrected chi connectivity index (χ3v) is 0.973. The molecule has 0 unspecified atom stereocenters. The van der Waals surface area contributed by atoms with Crippen LogP contribution in [0.3, 0.4) is 0 Å². The monoisotopic (exact) mass is 192 g/mol. The van der Waals surface area contributed by atoms with Crippen LogP contribution < -0.4 is 11.5 Å². The highest BCUT2D eigenvalue weighted by atomic mass is 16.7. The first-order chi connectivity index (χ1) is 6.00. The number of amides is 2. The van der Waals surface area contributed by atoms with Crippen LogP contribution in [0, 0.1) is 0 Å². The average Bonchev–Trinajstić information content (AvgIpc) is 1.97. The van der Waals surface area contributed by atoms with E-state index in [2.05, 4.69) is 23.1 Å². The van der Waals surface area contributed by atoms with Crippen molar-refractivity contribution in [3.05, 3.63) is 0 Å². The molecule has 0 aromatic heterocycles. The molecule has 5 N–H and O–H groups in total. The van der Waals surface area contributed by atoms with Crippen LogP contribution in [0.25, 0.3) is 0 Å². The number of rotatable bonds is 4. The maximum atomic E-state index is 9.74. The number of hydrogen-bond acceptors (Lipinski definition) is 3. The Morgan fingerprint density at radius 1 is 1.31 bits per heavy atom. The molecular formula is C7H16N2O4. The second kappa shape index (κ2) is 10.5. The molecular weight excluding hydrogens is 176 g/mol. The standard InChI is InChI=1S/C6H12O3.CH4N2O/c1-2-3-4-5-9-6(7)8;2-1(3)4/h2-5H2,1H3,(H,7,8);(H4,2,3,4). The summed E-state index contributed by atoms with van der Waals surface area (Å²) >= 11 is 0. The summed E-state index contributed by atoms with van der Waals surface area (Å²) in [5.74, 6) is 0. The molecule has 0 bridgehead atoms. The largest absolute Gasteiger partial charge is 0.505 e. The van der Waals surface area contributed by atoms with Crippen molar-refractivity contribution in [2.45, 2.75) is 26.2 Å². The quantitative estimate of drug-likeness (QED) is 0.453. The summed E-state index contributed by atoms with van der Waals surface area (Å²) in [5, 5.41) is 7.99. The number of nitrogens with two attached hydrogens (primary N) is 2. The van der Waals surface area contributed by atoms with E-state index in [0.717, 1.165) is 19.3 Å². The van der Waals surface area contributed by atoms with Crippen LogP contribution in [0.1, 0.15) is 26.2 Å². The van der Waals surface area contributed by atoms with Crippen LogP contribution in [0.15, 0.2) is 0 Å². The number of carbonyl (C=O) groups is 2. The number of ether oxygens (including phenoxy) is 1. The molecule has 6 nitrogen and oxygen atoms in total. The molecule has 0 radical (unpaired) electrons. The minimum atomic E-state index is -1.17. The van der Waals surface area contributed by atoms with Crippen LogP contribution in [-0.4, -0.2) is 23.9 Å². The smallest absolute Gasteiger partial charge is 0.450 e. The number of urea groups is 1. The van der Waals surface area contributed by atoms with Gasteiger partial charge in [0.2, 0.25) is 0 Å². The van der Waals surface area contributed by atoms with Crippen molar-refractivity contribution in [2.75, 3.05) is 6.61 Å². The Hall–Kier alpha value is -1.46. The highest BCUT2D eigenvalue weighted by Gasteiger charge is 1.92. The van der Waals surface area contributed by atoms with Crippen molar-refractivity contribution in [3.8, 4) is 0 Å². The first-order valence-corrected chi connectivity index (χ1v) is 3.91. The number of unbranched alkanes of at least 4 members (excludes halogenated alkanes) is 2. The van der Waals surface area contributed by atoms with E-state index in [4.69, 9.17) is 9.90 Å². The lowest BCUT2D eigenvalue weighted by atomic mass is 10.3. The molecule has 0 aliphatic heterocycles. The predicted molar refractivity (Wildman–Crippen MR) is 47.3 cm³/mol. The third-order valence-electron chi connectivity index (χ3n) is 0.973. The molecule has 6 heteroatoms. The minimum absolute atomic E-state index is 0.336. The highest BCUT2D eigenvalue weighted by Crippen LogP contribution is 1.93. The molecule has 0 spiro atoms. The lowest BCUT2D eigenvalue weighted by Crippen LogP contribution is -2.18. The van der Waals surface area contributed by atoms with E-state index in [1.54, 1.807) is 0 Å². The fourth-order valence-corrected chi connectivity index (χ4v) is 0.512. The summed E-state index contributed by atoms with van der Waals surface area (Å²) in [6.07, 6.45) is 1.78. The second-order valence-electron chi connectivity index (χ2n) is 2.22. The van der Waals surface area contributed by atoms with Crippen molar-refractivity contribution in [1.82, 2.24) is 0 Å². The maximum absolute atomic E-state index is 9.74. The molecule has 0 fully saturated rings. The number of carbonyl (C=O) groups excluding carboxylic acids is 1. The van der Waals surface area contributed by atoms with Crippen molar-refractivity contribution in [3.63, 3.8) is 0 Å². The van der Waals surface area contributed by atoms with E-state index in [1.807, 2.05) is 0 Å². The summed E-state index contributed by atoms with van der Waals surface area (Å²) < 4.78 is 4.26. The summed E-state index contributed by atoms with van der Waals surface area (Å²) in [6, 6.07) is -0.833. The Kier molecular flexibility index (Phi) is 11.4. The van der Waals surface area contributed by atoms with E-state index in [1.165, 1.54) is 0 Å². The molecule has 0 saturated carbocycles. The molecule has 0 heterocycles. The molecule has 0 rings (SSSR count). The Morgan fingerprint density at radius 3 is 2.08 bits per heavy atom. The Balaban J connectivity index is 0. The van der Waals surface area contributed by atoms with E-state index >= 15 is 0 Å². The summed E-state index contributed by atoms with van der Waals surface area (Å²) in [6.45, 7) is 2.39. The van der Waals surface area contributed by atoms with E-state index in [9.17, 15) is 4.79 Å². The topological polar surface area (TPSA) is 116 Å². The molecule has 0 aliphatic rings. The van der Waals surface area contributed by atoms with Crippen molar-refractivity contribution in [2.24, 2.45) is 11.5 Å².